The molecule has 0 radical (unpaired) electrons. The van der Waals surface area contributed by atoms with Crippen LogP contribution in [0.1, 0.15) is 76.3 Å². The van der Waals surface area contributed by atoms with Crippen LogP contribution in [-0.4, -0.2) is 82.3 Å². The molecule has 254 valence electrons. The monoisotopic (exact) mass is 657 g/mol. The summed E-state index contributed by atoms with van der Waals surface area (Å²) in [5.74, 6) is -1.27. The molecular weight excluding hydrogens is 606 g/mol. The Morgan fingerprint density at radius 3 is 1.98 bits per heavy atom. The van der Waals surface area contributed by atoms with Crippen LogP contribution in [0.15, 0.2) is 48.5 Å². The van der Waals surface area contributed by atoms with Gasteiger partial charge in [0.05, 0.1) is 6.61 Å². The number of rotatable bonds is 14. The Kier molecular flexibility index (Phi) is 14.6. The van der Waals surface area contributed by atoms with Crippen LogP contribution >= 0.6 is 11.8 Å². The third-order valence-electron chi connectivity index (χ3n) is 6.63. The molecule has 2 rings (SSSR count). The van der Waals surface area contributed by atoms with Gasteiger partial charge >= 0.3 is 12.1 Å². The third kappa shape index (κ3) is 13.0. The number of thioether (sulfide) groups is 1. The van der Waals surface area contributed by atoms with E-state index in [-0.39, 0.29) is 19.4 Å². The molecule has 0 fully saturated rings. The number of ether oxygens (including phenoxy) is 2. The maximum atomic E-state index is 14.4. The van der Waals surface area contributed by atoms with Gasteiger partial charge in [0.1, 0.15) is 29.3 Å². The maximum Gasteiger partial charge on any atom is 0.408 e. The van der Waals surface area contributed by atoms with E-state index >= 15 is 0 Å². The van der Waals surface area contributed by atoms with Gasteiger partial charge in [-0.05, 0) is 84.9 Å². The summed E-state index contributed by atoms with van der Waals surface area (Å²) in [6.07, 6.45) is 1.54. The quantitative estimate of drug-likeness (QED) is 0.245. The molecule has 0 heterocycles. The largest absolute Gasteiger partial charge is 0.458 e. The van der Waals surface area contributed by atoms with E-state index in [1.54, 1.807) is 53.7 Å². The fraction of sp³-hybridized carbons (Fsp3) is 0.543. The van der Waals surface area contributed by atoms with E-state index in [4.69, 9.17) is 9.47 Å². The molecule has 0 aliphatic heterocycles. The number of benzene rings is 2. The average molecular weight is 658 g/mol. The highest BCUT2D eigenvalue weighted by molar-refractivity contribution is 7.98. The normalized spacial score (nSPS) is 13.6. The smallest absolute Gasteiger partial charge is 0.408 e. The van der Waals surface area contributed by atoms with Crippen LogP contribution in [0.4, 0.5) is 4.79 Å². The number of carbonyl (C=O) groups is 4. The minimum absolute atomic E-state index is 0.158. The lowest BCUT2D eigenvalue weighted by Gasteiger charge is -2.35. The van der Waals surface area contributed by atoms with E-state index in [1.165, 1.54) is 16.7 Å². The molecule has 0 saturated heterocycles. The van der Waals surface area contributed by atoms with Gasteiger partial charge in [-0.1, -0.05) is 59.7 Å². The molecule has 0 aliphatic carbocycles. The maximum absolute atomic E-state index is 14.4. The van der Waals surface area contributed by atoms with Gasteiger partial charge in [0.25, 0.3) is 0 Å². The Hall–Kier alpha value is -3.57. The molecule has 3 N–H and O–H groups in total. The van der Waals surface area contributed by atoms with Gasteiger partial charge < -0.3 is 30.1 Å². The van der Waals surface area contributed by atoms with Crippen molar-refractivity contribution in [2.45, 2.75) is 97.6 Å². The summed E-state index contributed by atoms with van der Waals surface area (Å²) < 4.78 is 11.1. The van der Waals surface area contributed by atoms with Gasteiger partial charge in [0.15, 0.2) is 0 Å². The molecule has 0 spiro atoms. The van der Waals surface area contributed by atoms with Crippen molar-refractivity contribution in [1.82, 2.24) is 15.5 Å². The standard InChI is InChI=1S/C35H51N3O7S/c1-23-19-24(2)21-26(20-23)29(30(40)36-28(32(42)44-34(3,4)5)22-25-13-11-10-12-14-25)38(16-17-39)31(41)27(15-18-46-9)37-33(43)45-35(6,7)8/h10-14,19-21,27-29,39H,15-18,22H2,1-9H3,(H,36,40)(H,37,43). The van der Waals surface area contributed by atoms with E-state index in [9.17, 15) is 24.3 Å². The van der Waals surface area contributed by atoms with Gasteiger partial charge in [0.2, 0.25) is 11.8 Å². The number of nitrogens with one attached hydrogen (secondary N) is 2. The molecule has 0 aliphatic rings. The summed E-state index contributed by atoms with van der Waals surface area (Å²) in [5.41, 5.74) is 1.44. The fourth-order valence-corrected chi connectivity index (χ4v) is 5.40. The lowest BCUT2D eigenvalue weighted by atomic mass is 9.97. The molecule has 3 unspecified atom stereocenters. The summed E-state index contributed by atoms with van der Waals surface area (Å²) in [5, 5.41) is 15.7. The van der Waals surface area contributed by atoms with Crippen molar-refractivity contribution in [2.75, 3.05) is 25.2 Å². The summed E-state index contributed by atoms with van der Waals surface area (Å²) in [7, 11) is 0. The van der Waals surface area contributed by atoms with Crippen LogP contribution in [0, 0.1) is 13.8 Å². The Bertz CT molecular complexity index is 1300. The topological polar surface area (TPSA) is 134 Å². The summed E-state index contributed by atoms with van der Waals surface area (Å²) in [6.45, 7) is 13.5. The van der Waals surface area contributed by atoms with Crippen molar-refractivity contribution in [1.29, 1.82) is 0 Å². The minimum atomic E-state index is -1.24. The van der Waals surface area contributed by atoms with E-state index in [0.717, 1.165) is 16.7 Å². The first kappa shape index (κ1) is 38.6. The van der Waals surface area contributed by atoms with Gasteiger partial charge in [-0.25, -0.2) is 9.59 Å². The van der Waals surface area contributed by atoms with Crippen molar-refractivity contribution >= 4 is 35.6 Å². The number of carbonyl (C=O) groups excluding carboxylic acids is 4. The van der Waals surface area contributed by atoms with Gasteiger partial charge in [-0.2, -0.15) is 11.8 Å². The van der Waals surface area contributed by atoms with Crippen LogP contribution in [0.5, 0.6) is 0 Å². The number of aliphatic hydroxyl groups is 1. The van der Waals surface area contributed by atoms with Crippen molar-refractivity contribution in [3.05, 3.63) is 70.8 Å². The number of hydrogen-bond acceptors (Lipinski definition) is 8. The van der Waals surface area contributed by atoms with Gasteiger partial charge in [-0.3, -0.25) is 9.59 Å². The minimum Gasteiger partial charge on any atom is -0.458 e. The lowest BCUT2D eigenvalue weighted by molar-refractivity contribution is -0.159. The highest BCUT2D eigenvalue weighted by Crippen LogP contribution is 2.26. The second-order valence-corrected chi connectivity index (χ2v) is 14.3. The highest BCUT2D eigenvalue weighted by atomic mass is 32.2. The predicted octanol–water partition coefficient (Wildman–Crippen LogP) is 4.88. The number of amides is 3. The summed E-state index contributed by atoms with van der Waals surface area (Å²) >= 11 is 1.50. The molecule has 0 saturated carbocycles. The Morgan fingerprint density at radius 1 is 0.870 bits per heavy atom. The van der Waals surface area contributed by atoms with Crippen molar-refractivity contribution in [3.8, 4) is 0 Å². The van der Waals surface area contributed by atoms with E-state index in [2.05, 4.69) is 10.6 Å². The summed E-state index contributed by atoms with van der Waals surface area (Å²) in [6, 6.07) is 11.4. The van der Waals surface area contributed by atoms with Gasteiger partial charge in [0, 0.05) is 13.0 Å². The number of alkyl carbamates (subject to hydrolysis) is 1. The van der Waals surface area contributed by atoms with Crippen LogP contribution in [0.2, 0.25) is 0 Å². The fourth-order valence-electron chi connectivity index (χ4n) is 4.92. The third-order valence-corrected chi connectivity index (χ3v) is 7.28. The Morgan fingerprint density at radius 2 is 1.46 bits per heavy atom. The number of nitrogens with zero attached hydrogens (tertiary/aromatic N) is 1. The van der Waals surface area contributed by atoms with Crippen molar-refractivity contribution in [3.63, 3.8) is 0 Å². The molecule has 11 heteroatoms. The molecule has 0 aromatic heterocycles. The average Bonchev–Trinajstić information content (AvgIpc) is 2.92. The second kappa shape index (κ2) is 17.4. The number of esters is 1. The first-order valence-electron chi connectivity index (χ1n) is 15.5. The number of hydrogen-bond donors (Lipinski definition) is 3. The van der Waals surface area contributed by atoms with Crippen LogP contribution in [0.3, 0.4) is 0 Å². The molecule has 2 aromatic carbocycles. The van der Waals surface area contributed by atoms with Crippen molar-refractivity contribution < 1.29 is 33.8 Å². The van der Waals surface area contributed by atoms with Gasteiger partial charge in [-0.15, -0.1) is 0 Å². The van der Waals surface area contributed by atoms with Crippen LogP contribution < -0.4 is 10.6 Å². The zero-order valence-electron chi connectivity index (χ0n) is 28.6. The Balaban J connectivity index is 2.61. The zero-order valence-corrected chi connectivity index (χ0v) is 29.5. The zero-order chi connectivity index (χ0) is 34.7. The molecule has 3 atom stereocenters. The number of aliphatic hydroxyl groups excluding tert-OH is 1. The first-order chi connectivity index (χ1) is 21.4. The molecule has 0 bridgehead atoms. The molecule has 3 amide bonds. The highest BCUT2D eigenvalue weighted by Gasteiger charge is 2.38. The molecular formula is C35H51N3O7S. The van der Waals surface area contributed by atoms with Crippen molar-refractivity contribution in [2.24, 2.45) is 0 Å². The molecule has 2 aromatic rings. The Labute approximate surface area is 278 Å². The van der Waals surface area contributed by atoms with Crippen LogP contribution in [0.25, 0.3) is 0 Å². The van der Waals surface area contributed by atoms with E-state index in [1.807, 2.05) is 56.5 Å². The second-order valence-electron chi connectivity index (χ2n) is 13.3. The van der Waals surface area contributed by atoms with E-state index < -0.39 is 59.8 Å². The molecule has 46 heavy (non-hydrogen) atoms. The first-order valence-corrected chi connectivity index (χ1v) is 16.9. The predicted molar refractivity (Wildman–Crippen MR) is 182 cm³/mol. The van der Waals surface area contributed by atoms with E-state index in [0.29, 0.717) is 11.3 Å². The SMILES string of the molecule is CSCCC(NC(=O)OC(C)(C)C)C(=O)N(CCO)C(C(=O)NC(Cc1ccccc1)C(=O)OC(C)(C)C)c1cc(C)cc(C)c1. The summed E-state index contributed by atoms with van der Waals surface area (Å²) in [4.78, 5) is 56.2. The number of aryl methyl sites for hydroxylation is 2. The lowest BCUT2D eigenvalue weighted by Crippen LogP contribution is -2.55. The molecule has 10 nitrogen and oxygen atoms in total. The van der Waals surface area contributed by atoms with Crippen LogP contribution in [-0.2, 0) is 30.3 Å².